The number of sulfonamides is 1. The largest absolute Gasteiger partial charge is 0.286 e. The van der Waals surface area contributed by atoms with E-state index in [1.54, 1.807) is 36.6 Å². The maximum atomic E-state index is 12.9. The second-order valence-electron chi connectivity index (χ2n) is 7.22. The van der Waals surface area contributed by atoms with Crippen molar-refractivity contribution in [3.05, 3.63) is 94.2 Å². The van der Waals surface area contributed by atoms with Crippen LogP contribution in [-0.2, 0) is 10.0 Å². The Morgan fingerprint density at radius 2 is 1.69 bits per heavy atom. The standard InChI is InChI=1S/C22H21Cl2N5O2S/c1-25-22(28-32(30,31)19-10-8-18(24)9-11-19)29-14-20(16-3-2-12-26-13-16)21(27-29)15-4-6-17(23)7-5-15/h2-13,20,22,25,28H,14H2,1H3. The Balaban J connectivity index is 1.65. The van der Waals surface area contributed by atoms with Crippen LogP contribution in [0.5, 0.6) is 0 Å². The highest BCUT2D eigenvalue weighted by molar-refractivity contribution is 7.89. The third-order valence-corrected chi connectivity index (χ3v) is 7.06. The van der Waals surface area contributed by atoms with Crippen LogP contribution in [0.4, 0.5) is 0 Å². The first kappa shape index (κ1) is 22.7. The lowest BCUT2D eigenvalue weighted by atomic mass is 9.92. The zero-order chi connectivity index (χ0) is 22.7. The van der Waals surface area contributed by atoms with Crippen LogP contribution in [0.15, 0.2) is 83.1 Å². The third-order valence-electron chi connectivity index (χ3n) is 5.12. The second kappa shape index (κ2) is 9.56. The van der Waals surface area contributed by atoms with E-state index in [-0.39, 0.29) is 10.8 Å². The molecular formula is C22H21Cl2N5O2S. The molecule has 2 heterocycles. The van der Waals surface area contributed by atoms with Gasteiger partial charge in [-0.25, -0.2) is 8.42 Å². The van der Waals surface area contributed by atoms with Crippen molar-refractivity contribution in [2.75, 3.05) is 13.6 Å². The molecule has 1 aliphatic rings. The van der Waals surface area contributed by atoms with Gasteiger partial charge in [0, 0.05) is 28.4 Å². The fourth-order valence-electron chi connectivity index (χ4n) is 3.51. The average Bonchev–Trinajstić information content (AvgIpc) is 3.24. The molecule has 0 spiro atoms. The molecule has 7 nitrogen and oxygen atoms in total. The maximum Gasteiger partial charge on any atom is 0.243 e. The predicted octanol–water partition coefficient (Wildman–Crippen LogP) is 3.67. The fourth-order valence-corrected chi connectivity index (χ4v) is 4.92. The van der Waals surface area contributed by atoms with E-state index >= 15 is 0 Å². The maximum absolute atomic E-state index is 12.9. The highest BCUT2D eigenvalue weighted by Crippen LogP contribution is 2.29. The number of hydrogen-bond donors (Lipinski definition) is 2. The molecule has 2 aromatic carbocycles. The van der Waals surface area contributed by atoms with Crippen molar-refractivity contribution in [3.8, 4) is 0 Å². The highest BCUT2D eigenvalue weighted by atomic mass is 35.5. The van der Waals surface area contributed by atoms with Crippen molar-refractivity contribution in [1.29, 1.82) is 0 Å². The van der Waals surface area contributed by atoms with Crippen molar-refractivity contribution in [2.45, 2.75) is 17.1 Å². The quantitative estimate of drug-likeness (QED) is 0.494. The van der Waals surface area contributed by atoms with Gasteiger partial charge in [0.05, 0.1) is 17.2 Å². The van der Waals surface area contributed by atoms with E-state index in [0.29, 0.717) is 16.6 Å². The number of hydrogen-bond acceptors (Lipinski definition) is 6. The lowest BCUT2D eigenvalue weighted by Gasteiger charge is -2.27. The summed E-state index contributed by atoms with van der Waals surface area (Å²) in [6.07, 6.45) is 2.75. The number of halogens is 2. The number of pyridine rings is 1. The zero-order valence-electron chi connectivity index (χ0n) is 17.1. The van der Waals surface area contributed by atoms with Crippen LogP contribution in [0.1, 0.15) is 17.0 Å². The zero-order valence-corrected chi connectivity index (χ0v) is 19.4. The molecule has 2 N–H and O–H groups in total. The molecule has 0 radical (unpaired) electrons. The molecule has 0 saturated heterocycles. The monoisotopic (exact) mass is 489 g/mol. The highest BCUT2D eigenvalue weighted by Gasteiger charge is 2.34. The van der Waals surface area contributed by atoms with Gasteiger partial charge in [-0.3, -0.25) is 15.3 Å². The third kappa shape index (κ3) is 4.95. The van der Waals surface area contributed by atoms with E-state index in [1.165, 1.54) is 24.3 Å². The van der Waals surface area contributed by atoms with Crippen LogP contribution in [0.2, 0.25) is 10.0 Å². The summed E-state index contributed by atoms with van der Waals surface area (Å²) >= 11 is 11.9. The Labute approximate surface area is 197 Å². The molecule has 0 amide bonds. The summed E-state index contributed by atoms with van der Waals surface area (Å²) in [5.74, 6) is -0.0965. The topological polar surface area (TPSA) is 86.7 Å². The summed E-state index contributed by atoms with van der Waals surface area (Å²) < 4.78 is 28.5. The number of rotatable bonds is 7. The van der Waals surface area contributed by atoms with Gasteiger partial charge in [-0.05, 0) is 60.6 Å². The van der Waals surface area contributed by atoms with E-state index in [1.807, 2.05) is 24.3 Å². The van der Waals surface area contributed by atoms with Crippen molar-refractivity contribution >= 4 is 38.9 Å². The first-order chi connectivity index (χ1) is 15.4. The molecule has 2 unspecified atom stereocenters. The van der Waals surface area contributed by atoms with Crippen LogP contribution in [0.3, 0.4) is 0 Å². The van der Waals surface area contributed by atoms with Crippen LogP contribution in [-0.4, -0.2) is 44.0 Å². The van der Waals surface area contributed by atoms with Gasteiger partial charge in [0.15, 0.2) is 6.29 Å². The molecule has 2 atom stereocenters. The summed E-state index contributed by atoms with van der Waals surface area (Å²) in [5.41, 5.74) is 2.70. The van der Waals surface area contributed by atoms with Crippen LogP contribution >= 0.6 is 23.2 Å². The van der Waals surface area contributed by atoms with Crippen molar-refractivity contribution < 1.29 is 8.42 Å². The first-order valence-electron chi connectivity index (χ1n) is 9.83. The van der Waals surface area contributed by atoms with Crippen LogP contribution in [0.25, 0.3) is 0 Å². The molecule has 1 aliphatic heterocycles. The van der Waals surface area contributed by atoms with Crippen LogP contribution in [0, 0.1) is 0 Å². The molecule has 0 saturated carbocycles. The summed E-state index contributed by atoms with van der Waals surface area (Å²) in [4.78, 5) is 4.35. The van der Waals surface area contributed by atoms with Gasteiger partial charge in [0.2, 0.25) is 10.0 Å². The van der Waals surface area contributed by atoms with Crippen LogP contribution < -0.4 is 10.0 Å². The minimum atomic E-state index is -3.81. The molecule has 3 aromatic rings. The number of aromatic nitrogens is 1. The Hall–Kier alpha value is -2.49. The second-order valence-corrected chi connectivity index (χ2v) is 9.81. The van der Waals surface area contributed by atoms with E-state index in [9.17, 15) is 8.42 Å². The smallest absolute Gasteiger partial charge is 0.243 e. The van der Waals surface area contributed by atoms with Crippen molar-refractivity contribution in [1.82, 2.24) is 20.0 Å². The molecule has 0 fully saturated rings. The molecule has 1 aromatic heterocycles. The lowest BCUT2D eigenvalue weighted by molar-refractivity contribution is 0.182. The van der Waals surface area contributed by atoms with Gasteiger partial charge in [-0.1, -0.05) is 41.4 Å². The van der Waals surface area contributed by atoms with Crippen molar-refractivity contribution in [2.24, 2.45) is 5.10 Å². The fraction of sp³-hybridized carbons (Fsp3) is 0.182. The van der Waals surface area contributed by atoms with Gasteiger partial charge >= 0.3 is 0 Å². The molecule has 10 heteroatoms. The predicted molar refractivity (Wildman–Crippen MR) is 126 cm³/mol. The molecular weight excluding hydrogens is 469 g/mol. The number of hydrazone groups is 1. The Morgan fingerprint density at radius 1 is 1.03 bits per heavy atom. The van der Waals surface area contributed by atoms with E-state index in [4.69, 9.17) is 28.3 Å². The first-order valence-corrected chi connectivity index (χ1v) is 12.1. The van der Waals surface area contributed by atoms with Gasteiger partial charge in [-0.15, -0.1) is 0 Å². The molecule has 32 heavy (non-hydrogen) atoms. The summed E-state index contributed by atoms with van der Waals surface area (Å²) in [6, 6.07) is 17.3. The number of nitrogens with one attached hydrogen (secondary N) is 2. The van der Waals surface area contributed by atoms with E-state index in [2.05, 4.69) is 15.0 Å². The molecule has 166 valence electrons. The number of benzene rings is 2. The minimum absolute atomic E-state index is 0.0965. The van der Waals surface area contributed by atoms with Gasteiger partial charge in [0.1, 0.15) is 0 Å². The van der Waals surface area contributed by atoms with E-state index < -0.39 is 16.3 Å². The summed E-state index contributed by atoms with van der Waals surface area (Å²) in [7, 11) is -2.14. The SMILES string of the molecule is CNC(NS(=O)(=O)c1ccc(Cl)cc1)N1CC(c2cccnc2)C(c2ccc(Cl)cc2)=N1. The lowest BCUT2D eigenvalue weighted by Crippen LogP contribution is -2.53. The van der Waals surface area contributed by atoms with Crippen molar-refractivity contribution in [3.63, 3.8) is 0 Å². The Morgan fingerprint density at radius 3 is 2.28 bits per heavy atom. The molecule has 0 bridgehead atoms. The minimum Gasteiger partial charge on any atom is -0.286 e. The number of nitrogens with zero attached hydrogens (tertiary/aromatic N) is 3. The summed E-state index contributed by atoms with van der Waals surface area (Å²) in [5, 5.41) is 10.6. The Kier molecular flexibility index (Phi) is 6.78. The van der Waals surface area contributed by atoms with E-state index in [0.717, 1.165) is 16.8 Å². The average molecular weight is 490 g/mol. The Bertz CT molecular complexity index is 1200. The van der Waals surface area contributed by atoms with Gasteiger partial charge in [0.25, 0.3) is 0 Å². The normalized spacial score (nSPS) is 17.3. The van der Waals surface area contributed by atoms with Gasteiger partial charge < -0.3 is 0 Å². The molecule has 4 rings (SSSR count). The summed E-state index contributed by atoms with van der Waals surface area (Å²) in [6.45, 7) is 0.457. The van der Waals surface area contributed by atoms with Gasteiger partial charge in [-0.2, -0.15) is 9.82 Å². The molecule has 0 aliphatic carbocycles.